The number of ether oxygens (including phenoxy) is 2. The van der Waals surface area contributed by atoms with Gasteiger partial charge in [-0.1, -0.05) is 35.2 Å². The Hall–Kier alpha value is -3.35. The van der Waals surface area contributed by atoms with Gasteiger partial charge in [0.1, 0.15) is 23.7 Å². The normalized spacial score (nSPS) is 11.2. The standard InChI is InChI=1S/C21H13Cl2F3N2O4/c1-3-7-31-19-14(23)9-13(22)17-16(19)18(30)15(10(2)29)20(28-17)27-11-5-4-6-12(8-11)32-21(24,25)26/h1,4-6,8-9H,7H2,2H3,(H2,27,28,30). The van der Waals surface area contributed by atoms with Crippen LogP contribution in [0.1, 0.15) is 17.3 Å². The van der Waals surface area contributed by atoms with Crippen molar-refractivity contribution in [2.45, 2.75) is 13.3 Å². The summed E-state index contributed by atoms with van der Waals surface area (Å²) >= 11 is 12.4. The summed E-state index contributed by atoms with van der Waals surface area (Å²) in [7, 11) is 0. The molecule has 0 aliphatic rings. The molecule has 32 heavy (non-hydrogen) atoms. The number of nitrogens with one attached hydrogen (secondary N) is 2. The van der Waals surface area contributed by atoms with E-state index in [-0.39, 0.29) is 50.4 Å². The summed E-state index contributed by atoms with van der Waals surface area (Å²) in [4.78, 5) is 28.3. The molecule has 6 nitrogen and oxygen atoms in total. The predicted molar refractivity (Wildman–Crippen MR) is 115 cm³/mol. The fourth-order valence-electron chi connectivity index (χ4n) is 2.97. The molecule has 0 saturated carbocycles. The van der Waals surface area contributed by atoms with Gasteiger partial charge in [0.05, 0.1) is 20.9 Å². The molecule has 3 rings (SSSR count). The van der Waals surface area contributed by atoms with Crippen LogP contribution in [-0.2, 0) is 0 Å². The average Bonchev–Trinajstić information content (AvgIpc) is 2.67. The summed E-state index contributed by atoms with van der Waals surface area (Å²) in [6.07, 6.45) is 0.315. The Balaban J connectivity index is 2.20. The van der Waals surface area contributed by atoms with Crippen molar-refractivity contribution in [3.8, 4) is 23.8 Å². The van der Waals surface area contributed by atoms with Crippen LogP contribution in [0.2, 0.25) is 10.0 Å². The van der Waals surface area contributed by atoms with Crippen LogP contribution in [0.4, 0.5) is 24.7 Å². The summed E-state index contributed by atoms with van der Waals surface area (Å²) < 4.78 is 46.8. The Morgan fingerprint density at radius 3 is 2.59 bits per heavy atom. The second-order valence-electron chi connectivity index (χ2n) is 6.37. The van der Waals surface area contributed by atoms with E-state index < -0.39 is 23.3 Å². The number of Topliss-reactive ketones (excluding diaryl/α,β-unsaturated/α-hetero) is 1. The van der Waals surface area contributed by atoms with Crippen LogP contribution in [-0.4, -0.2) is 23.7 Å². The third-order valence-corrected chi connectivity index (χ3v) is 4.71. The first-order chi connectivity index (χ1) is 15.0. The van der Waals surface area contributed by atoms with Gasteiger partial charge in [0.2, 0.25) is 5.43 Å². The maximum absolute atomic E-state index is 13.2. The molecule has 0 radical (unpaired) electrons. The summed E-state index contributed by atoms with van der Waals surface area (Å²) in [5, 5.41) is 2.69. The number of aromatic amines is 1. The van der Waals surface area contributed by atoms with Crippen molar-refractivity contribution in [3.63, 3.8) is 0 Å². The summed E-state index contributed by atoms with van der Waals surface area (Å²) in [5.74, 6) is 0.978. The molecule has 1 heterocycles. The lowest BCUT2D eigenvalue weighted by atomic mass is 10.1. The van der Waals surface area contributed by atoms with E-state index in [0.29, 0.717) is 0 Å². The van der Waals surface area contributed by atoms with Gasteiger partial charge in [0.15, 0.2) is 11.5 Å². The molecule has 0 atom stereocenters. The number of hydrogen-bond donors (Lipinski definition) is 2. The number of halogens is 5. The molecule has 11 heteroatoms. The molecular formula is C21H13Cl2F3N2O4. The molecule has 2 N–H and O–H groups in total. The number of rotatable bonds is 6. The van der Waals surface area contributed by atoms with E-state index in [9.17, 15) is 22.8 Å². The lowest BCUT2D eigenvalue weighted by Gasteiger charge is -2.16. The van der Waals surface area contributed by atoms with Crippen molar-refractivity contribution in [1.82, 2.24) is 4.98 Å². The molecule has 0 bridgehead atoms. The highest BCUT2D eigenvalue weighted by Crippen LogP contribution is 2.37. The van der Waals surface area contributed by atoms with Crippen molar-refractivity contribution < 1.29 is 27.4 Å². The van der Waals surface area contributed by atoms with E-state index in [2.05, 4.69) is 21.0 Å². The SMILES string of the molecule is C#CCOc1c(Cl)cc(Cl)c2[nH]c(Nc3cccc(OC(F)(F)F)c3)c(C(C)=O)c(=O)c12. The topological polar surface area (TPSA) is 80.4 Å². The van der Waals surface area contributed by atoms with Gasteiger partial charge in [0, 0.05) is 11.8 Å². The van der Waals surface area contributed by atoms with Crippen LogP contribution in [0.25, 0.3) is 10.9 Å². The zero-order valence-electron chi connectivity index (χ0n) is 16.2. The Morgan fingerprint density at radius 2 is 1.97 bits per heavy atom. The summed E-state index contributed by atoms with van der Waals surface area (Å²) in [5.41, 5.74) is -0.877. The van der Waals surface area contributed by atoms with Crippen molar-refractivity contribution in [1.29, 1.82) is 0 Å². The quantitative estimate of drug-likeness (QED) is 0.347. The van der Waals surface area contributed by atoms with Gasteiger partial charge in [-0.2, -0.15) is 0 Å². The minimum Gasteiger partial charge on any atom is -0.479 e. The van der Waals surface area contributed by atoms with Crippen molar-refractivity contribution in [2.24, 2.45) is 0 Å². The zero-order chi connectivity index (χ0) is 23.6. The number of benzene rings is 2. The zero-order valence-corrected chi connectivity index (χ0v) is 17.7. The number of aromatic nitrogens is 1. The Kier molecular flexibility index (Phi) is 6.57. The number of terminal acetylenes is 1. The molecular weight excluding hydrogens is 472 g/mol. The van der Waals surface area contributed by atoms with Crippen molar-refractivity contribution in [2.75, 3.05) is 11.9 Å². The van der Waals surface area contributed by atoms with Crippen LogP contribution in [0.3, 0.4) is 0 Å². The van der Waals surface area contributed by atoms with Gasteiger partial charge in [0.25, 0.3) is 0 Å². The number of fused-ring (bicyclic) bond motifs is 1. The fourth-order valence-corrected chi connectivity index (χ4v) is 3.53. The van der Waals surface area contributed by atoms with Gasteiger partial charge >= 0.3 is 6.36 Å². The van der Waals surface area contributed by atoms with Crippen LogP contribution < -0.4 is 20.2 Å². The molecule has 0 spiro atoms. The second-order valence-corrected chi connectivity index (χ2v) is 7.19. The van der Waals surface area contributed by atoms with Crippen molar-refractivity contribution in [3.05, 3.63) is 56.2 Å². The number of anilines is 2. The number of carbonyl (C=O) groups is 1. The molecule has 0 aliphatic carbocycles. The lowest BCUT2D eigenvalue weighted by Crippen LogP contribution is -2.19. The van der Waals surface area contributed by atoms with Crippen LogP contribution in [0.15, 0.2) is 35.1 Å². The van der Waals surface area contributed by atoms with E-state index in [4.69, 9.17) is 34.4 Å². The fraction of sp³-hybridized carbons (Fsp3) is 0.143. The highest BCUT2D eigenvalue weighted by molar-refractivity contribution is 6.39. The number of hydrogen-bond acceptors (Lipinski definition) is 5. The third-order valence-electron chi connectivity index (χ3n) is 4.13. The Labute approximate surface area is 189 Å². The van der Waals surface area contributed by atoms with E-state index in [1.165, 1.54) is 18.2 Å². The first-order valence-corrected chi connectivity index (χ1v) is 9.55. The summed E-state index contributed by atoms with van der Waals surface area (Å²) in [6, 6.07) is 6.18. The predicted octanol–water partition coefficient (Wildman–Crippen LogP) is 5.69. The molecule has 0 amide bonds. The molecule has 1 aromatic heterocycles. The minimum absolute atomic E-state index is 0.00969. The molecule has 0 saturated heterocycles. The number of H-pyrrole nitrogens is 1. The monoisotopic (exact) mass is 484 g/mol. The van der Waals surface area contributed by atoms with Crippen LogP contribution in [0.5, 0.6) is 11.5 Å². The smallest absolute Gasteiger partial charge is 0.479 e. The van der Waals surface area contributed by atoms with E-state index in [1.807, 2.05) is 0 Å². The average molecular weight is 485 g/mol. The van der Waals surface area contributed by atoms with Gasteiger partial charge in [-0.25, -0.2) is 0 Å². The van der Waals surface area contributed by atoms with Gasteiger partial charge < -0.3 is 19.8 Å². The molecule has 2 aromatic carbocycles. The number of carbonyl (C=O) groups excluding carboxylic acids is 1. The summed E-state index contributed by atoms with van der Waals surface area (Å²) in [6.45, 7) is 0.955. The maximum atomic E-state index is 13.2. The van der Waals surface area contributed by atoms with Crippen LogP contribution >= 0.6 is 23.2 Å². The minimum atomic E-state index is -4.89. The molecule has 0 aliphatic heterocycles. The van der Waals surface area contributed by atoms with Crippen molar-refractivity contribution >= 4 is 51.4 Å². The largest absolute Gasteiger partial charge is 0.573 e. The number of alkyl halides is 3. The first-order valence-electron chi connectivity index (χ1n) is 8.80. The van der Waals surface area contributed by atoms with Crippen LogP contribution in [0, 0.1) is 12.3 Å². The second kappa shape index (κ2) is 9.02. The molecule has 0 fully saturated rings. The Bertz CT molecular complexity index is 1310. The van der Waals surface area contributed by atoms with Gasteiger partial charge in [-0.05, 0) is 25.1 Å². The molecule has 166 valence electrons. The molecule has 0 unspecified atom stereocenters. The third kappa shape index (κ3) is 4.93. The van der Waals surface area contributed by atoms with E-state index in [1.54, 1.807) is 0 Å². The Morgan fingerprint density at radius 1 is 1.25 bits per heavy atom. The van der Waals surface area contributed by atoms with Gasteiger partial charge in [-0.3, -0.25) is 9.59 Å². The highest BCUT2D eigenvalue weighted by atomic mass is 35.5. The number of pyridine rings is 1. The number of ketones is 1. The lowest BCUT2D eigenvalue weighted by molar-refractivity contribution is -0.274. The molecule has 3 aromatic rings. The van der Waals surface area contributed by atoms with Gasteiger partial charge in [-0.15, -0.1) is 19.6 Å². The van der Waals surface area contributed by atoms with E-state index >= 15 is 0 Å². The first kappa shape index (κ1) is 23.3. The van der Waals surface area contributed by atoms with E-state index in [0.717, 1.165) is 19.1 Å². The maximum Gasteiger partial charge on any atom is 0.573 e. The highest BCUT2D eigenvalue weighted by Gasteiger charge is 2.31.